The van der Waals surface area contributed by atoms with Crippen LogP contribution in [-0.2, 0) is 6.61 Å². The molecule has 0 radical (unpaired) electrons. The Morgan fingerprint density at radius 2 is 1.95 bits per heavy atom. The maximum absolute atomic E-state index is 11.1. The average molecular weight is 315 g/mol. The van der Waals surface area contributed by atoms with Gasteiger partial charge in [0, 0.05) is 6.07 Å². The number of nitro groups is 1. The maximum atomic E-state index is 11.1. The number of aromatic nitrogens is 1. The molecule has 1 heterocycles. The lowest BCUT2D eigenvalue weighted by Gasteiger charge is -2.07. The van der Waals surface area contributed by atoms with E-state index in [0.29, 0.717) is 23.3 Å². The Morgan fingerprint density at radius 3 is 2.68 bits per heavy atom. The minimum absolute atomic E-state index is 0.0236. The van der Waals surface area contributed by atoms with Crippen molar-refractivity contribution in [2.75, 3.05) is 0 Å². The first-order valence-electron chi connectivity index (χ1n) is 6.54. The summed E-state index contributed by atoms with van der Waals surface area (Å²) in [5, 5.41) is 11.5. The molecule has 5 nitrogen and oxygen atoms in total. The number of nitrogens with zero attached hydrogens (tertiary/aromatic N) is 2. The van der Waals surface area contributed by atoms with Crippen LogP contribution in [0.25, 0.3) is 10.9 Å². The molecule has 3 rings (SSSR count). The van der Waals surface area contributed by atoms with Crippen LogP contribution in [0.4, 0.5) is 5.69 Å². The molecule has 0 unspecified atom stereocenters. The molecule has 0 aliphatic carbocycles. The van der Waals surface area contributed by atoms with Crippen LogP contribution in [0, 0.1) is 10.1 Å². The summed E-state index contributed by atoms with van der Waals surface area (Å²) in [6, 6.07) is 14.7. The van der Waals surface area contributed by atoms with E-state index in [0.717, 1.165) is 5.56 Å². The van der Waals surface area contributed by atoms with Crippen molar-refractivity contribution in [3.05, 3.63) is 75.4 Å². The molecule has 1 aromatic heterocycles. The van der Waals surface area contributed by atoms with Gasteiger partial charge in [0.05, 0.1) is 22.0 Å². The number of ether oxygens (including phenoxy) is 1. The van der Waals surface area contributed by atoms with Gasteiger partial charge in [-0.2, -0.15) is 0 Å². The normalized spacial score (nSPS) is 10.6. The zero-order chi connectivity index (χ0) is 15.5. The Labute approximate surface area is 131 Å². The van der Waals surface area contributed by atoms with E-state index in [4.69, 9.17) is 16.3 Å². The second-order valence-electron chi connectivity index (χ2n) is 4.67. The SMILES string of the molecule is O=[N+]([O-])c1c(Cl)cnc2cc(OCc3ccccc3)ccc12. The molecule has 22 heavy (non-hydrogen) atoms. The summed E-state index contributed by atoms with van der Waals surface area (Å²) in [6.45, 7) is 0.419. The summed E-state index contributed by atoms with van der Waals surface area (Å²) >= 11 is 5.84. The lowest BCUT2D eigenvalue weighted by Crippen LogP contribution is -1.96. The van der Waals surface area contributed by atoms with Crippen molar-refractivity contribution in [2.24, 2.45) is 0 Å². The Bertz CT molecular complexity index is 837. The molecule has 0 saturated carbocycles. The lowest BCUT2D eigenvalue weighted by molar-refractivity contribution is -0.382. The van der Waals surface area contributed by atoms with Crippen LogP contribution in [-0.4, -0.2) is 9.91 Å². The molecule has 2 aromatic carbocycles. The van der Waals surface area contributed by atoms with Crippen LogP contribution < -0.4 is 4.74 Å². The molecule has 0 bridgehead atoms. The van der Waals surface area contributed by atoms with E-state index >= 15 is 0 Å². The van der Waals surface area contributed by atoms with Crippen LogP contribution in [0.3, 0.4) is 0 Å². The predicted octanol–water partition coefficient (Wildman–Crippen LogP) is 4.38. The van der Waals surface area contributed by atoms with E-state index in [1.54, 1.807) is 18.2 Å². The van der Waals surface area contributed by atoms with Gasteiger partial charge in [-0.3, -0.25) is 15.1 Å². The first-order valence-corrected chi connectivity index (χ1v) is 6.92. The Balaban J connectivity index is 1.90. The van der Waals surface area contributed by atoms with Gasteiger partial charge in [-0.15, -0.1) is 0 Å². The molecule has 0 amide bonds. The molecule has 110 valence electrons. The monoisotopic (exact) mass is 314 g/mol. The largest absolute Gasteiger partial charge is 0.489 e. The van der Waals surface area contributed by atoms with Gasteiger partial charge in [-0.1, -0.05) is 41.9 Å². The molecule has 0 spiro atoms. The van der Waals surface area contributed by atoms with E-state index < -0.39 is 4.92 Å². The number of hydrogen-bond donors (Lipinski definition) is 0. The highest BCUT2D eigenvalue weighted by molar-refractivity contribution is 6.33. The second kappa shape index (κ2) is 5.99. The fourth-order valence-corrected chi connectivity index (χ4v) is 2.37. The molecule has 3 aromatic rings. The first-order chi connectivity index (χ1) is 10.6. The quantitative estimate of drug-likeness (QED) is 0.529. The van der Waals surface area contributed by atoms with Crippen molar-refractivity contribution in [3.63, 3.8) is 0 Å². The van der Waals surface area contributed by atoms with Crippen LogP contribution in [0.5, 0.6) is 5.75 Å². The zero-order valence-electron chi connectivity index (χ0n) is 11.4. The summed E-state index contributed by atoms with van der Waals surface area (Å²) in [6.07, 6.45) is 1.28. The number of benzene rings is 2. The van der Waals surface area contributed by atoms with Gasteiger partial charge >= 0.3 is 0 Å². The Morgan fingerprint density at radius 1 is 1.18 bits per heavy atom. The molecule has 6 heteroatoms. The van der Waals surface area contributed by atoms with Gasteiger partial charge in [0.1, 0.15) is 17.4 Å². The third-order valence-electron chi connectivity index (χ3n) is 3.20. The van der Waals surface area contributed by atoms with E-state index in [9.17, 15) is 10.1 Å². The minimum Gasteiger partial charge on any atom is -0.489 e. The fourth-order valence-electron chi connectivity index (χ4n) is 2.15. The molecule has 0 fully saturated rings. The summed E-state index contributed by atoms with van der Waals surface area (Å²) in [5.74, 6) is 0.598. The van der Waals surface area contributed by atoms with Gasteiger partial charge in [0.2, 0.25) is 0 Å². The second-order valence-corrected chi connectivity index (χ2v) is 5.07. The number of halogens is 1. The minimum atomic E-state index is -0.503. The smallest absolute Gasteiger partial charge is 0.298 e. The third kappa shape index (κ3) is 2.84. The van der Waals surface area contributed by atoms with Crippen LogP contribution >= 0.6 is 11.6 Å². The first kappa shape index (κ1) is 14.3. The number of fused-ring (bicyclic) bond motifs is 1. The Hall–Kier alpha value is -2.66. The van der Waals surface area contributed by atoms with Crippen LogP contribution in [0.2, 0.25) is 5.02 Å². The molecule has 0 aliphatic heterocycles. The number of rotatable bonds is 4. The van der Waals surface area contributed by atoms with Gasteiger partial charge < -0.3 is 4.74 Å². The van der Waals surface area contributed by atoms with Crippen molar-refractivity contribution in [2.45, 2.75) is 6.61 Å². The van der Waals surface area contributed by atoms with E-state index in [-0.39, 0.29) is 10.7 Å². The highest BCUT2D eigenvalue weighted by Crippen LogP contribution is 2.33. The third-order valence-corrected chi connectivity index (χ3v) is 3.48. The predicted molar refractivity (Wildman–Crippen MR) is 84.2 cm³/mol. The summed E-state index contributed by atoms with van der Waals surface area (Å²) in [4.78, 5) is 14.7. The fraction of sp³-hybridized carbons (Fsp3) is 0.0625. The van der Waals surface area contributed by atoms with Crippen LogP contribution in [0.15, 0.2) is 54.7 Å². The standard InChI is InChI=1S/C16H11ClN2O3/c17-14-9-18-15-8-12(6-7-13(15)16(14)19(20)21)22-10-11-4-2-1-3-5-11/h1-9H,10H2. The van der Waals surface area contributed by atoms with E-state index in [1.807, 2.05) is 30.3 Å². The van der Waals surface area contributed by atoms with E-state index in [2.05, 4.69) is 4.98 Å². The number of pyridine rings is 1. The van der Waals surface area contributed by atoms with Gasteiger partial charge in [0.25, 0.3) is 5.69 Å². The zero-order valence-corrected chi connectivity index (χ0v) is 12.2. The lowest BCUT2D eigenvalue weighted by atomic mass is 10.2. The summed E-state index contributed by atoms with van der Waals surface area (Å²) in [5.41, 5.74) is 1.38. The van der Waals surface area contributed by atoms with Gasteiger partial charge in [-0.25, -0.2) is 0 Å². The molecule has 0 aliphatic rings. The maximum Gasteiger partial charge on any atom is 0.298 e. The highest BCUT2D eigenvalue weighted by atomic mass is 35.5. The number of hydrogen-bond acceptors (Lipinski definition) is 4. The summed E-state index contributed by atoms with van der Waals surface area (Å²) < 4.78 is 5.69. The van der Waals surface area contributed by atoms with Crippen molar-refractivity contribution >= 4 is 28.2 Å². The van der Waals surface area contributed by atoms with E-state index in [1.165, 1.54) is 6.20 Å². The molecule has 0 atom stereocenters. The molecule has 0 N–H and O–H groups in total. The van der Waals surface area contributed by atoms with Crippen molar-refractivity contribution in [1.29, 1.82) is 0 Å². The Kier molecular flexibility index (Phi) is 3.89. The van der Waals surface area contributed by atoms with Gasteiger partial charge in [-0.05, 0) is 17.7 Å². The highest BCUT2D eigenvalue weighted by Gasteiger charge is 2.18. The molecule has 0 saturated heterocycles. The topological polar surface area (TPSA) is 65.3 Å². The summed E-state index contributed by atoms with van der Waals surface area (Å²) in [7, 11) is 0. The van der Waals surface area contributed by atoms with Crippen molar-refractivity contribution in [3.8, 4) is 5.75 Å². The molecular formula is C16H11ClN2O3. The van der Waals surface area contributed by atoms with Crippen molar-refractivity contribution in [1.82, 2.24) is 4.98 Å². The average Bonchev–Trinajstić information content (AvgIpc) is 2.53. The van der Waals surface area contributed by atoms with Crippen LogP contribution in [0.1, 0.15) is 5.56 Å². The van der Waals surface area contributed by atoms with Gasteiger partial charge in [0.15, 0.2) is 0 Å². The molecular weight excluding hydrogens is 304 g/mol. The van der Waals surface area contributed by atoms with Crippen molar-refractivity contribution < 1.29 is 9.66 Å².